The molecule has 0 spiro atoms. The number of fused-ring (bicyclic) bond motifs is 3. The molecule has 1 atom stereocenters. The summed E-state index contributed by atoms with van der Waals surface area (Å²) >= 11 is 5.98. The lowest BCUT2D eigenvalue weighted by Gasteiger charge is -2.23. The Kier molecular flexibility index (Phi) is 2.81. The lowest BCUT2D eigenvalue weighted by molar-refractivity contribution is -0.138. The zero-order valence-electron chi connectivity index (χ0n) is 11.0. The minimum Gasteiger partial charge on any atom is -0.489 e. The molecular formula is C14H11ClN2O4. The summed E-state index contributed by atoms with van der Waals surface area (Å²) in [4.78, 5) is 19.1. The predicted octanol–water partition coefficient (Wildman–Crippen LogP) is 2.30. The van der Waals surface area contributed by atoms with Crippen molar-refractivity contribution in [1.82, 2.24) is 9.97 Å². The first kappa shape index (κ1) is 13.6. The second-order valence-electron chi connectivity index (χ2n) is 5.16. The quantitative estimate of drug-likeness (QED) is 0.786. The Hall–Kier alpha value is -2.34. The number of hydrogen-bond donors (Lipinski definition) is 3. The Balaban J connectivity index is 2.35. The van der Waals surface area contributed by atoms with Crippen molar-refractivity contribution in [2.75, 3.05) is 0 Å². The molecule has 1 heterocycles. The zero-order chi connectivity index (χ0) is 15.4. The number of carbonyl (C=O) groups is 1. The van der Waals surface area contributed by atoms with Crippen molar-refractivity contribution in [2.45, 2.75) is 18.8 Å². The average molecular weight is 307 g/mol. The normalized spacial score (nSPS) is 19.1. The Labute approximate surface area is 124 Å². The summed E-state index contributed by atoms with van der Waals surface area (Å²) in [6.07, 6.45) is -0.215. The summed E-state index contributed by atoms with van der Waals surface area (Å²) in [7, 11) is 0. The number of aromatic hydroxyl groups is 2. The molecule has 1 unspecified atom stereocenters. The molecule has 6 nitrogen and oxygen atoms in total. The topological polar surface area (TPSA) is 104 Å². The third kappa shape index (κ3) is 1.91. The van der Waals surface area contributed by atoms with E-state index in [1.807, 2.05) is 0 Å². The second-order valence-corrected chi connectivity index (χ2v) is 5.60. The van der Waals surface area contributed by atoms with E-state index in [-0.39, 0.29) is 6.42 Å². The van der Waals surface area contributed by atoms with Crippen LogP contribution >= 0.6 is 11.6 Å². The maximum absolute atomic E-state index is 11.2. The van der Waals surface area contributed by atoms with Gasteiger partial charge in [-0.05, 0) is 24.6 Å². The molecule has 7 heteroatoms. The molecule has 1 aromatic carbocycles. The minimum absolute atomic E-state index is 0.215. The van der Waals surface area contributed by atoms with Gasteiger partial charge in [0.05, 0.1) is 17.8 Å². The van der Waals surface area contributed by atoms with Crippen molar-refractivity contribution in [2.24, 2.45) is 0 Å². The molecule has 1 aliphatic rings. The van der Waals surface area contributed by atoms with E-state index in [1.54, 1.807) is 25.1 Å². The summed E-state index contributed by atoms with van der Waals surface area (Å²) in [6.45, 7) is 1.71. The summed E-state index contributed by atoms with van der Waals surface area (Å²) in [5, 5.41) is 28.8. The zero-order valence-corrected chi connectivity index (χ0v) is 11.7. The second kappa shape index (κ2) is 4.33. The Bertz CT molecular complexity index is 778. The number of nitrogens with zero attached hydrogens (tertiary/aromatic N) is 2. The van der Waals surface area contributed by atoms with Crippen LogP contribution in [0.25, 0.3) is 11.3 Å². The van der Waals surface area contributed by atoms with E-state index in [0.717, 1.165) is 0 Å². The molecule has 0 amide bonds. The largest absolute Gasteiger partial charge is 0.489 e. The van der Waals surface area contributed by atoms with E-state index < -0.39 is 23.1 Å². The average Bonchev–Trinajstić information content (AvgIpc) is 2.60. The van der Waals surface area contributed by atoms with Crippen molar-refractivity contribution in [3.8, 4) is 23.0 Å². The van der Waals surface area contributed by atoms with Gasteiger partial charge in [0, 0.05) is 16.0 Å². The number of hydrogen-bond acceptors (Lipinski definition) is 5. The molecule has 0 aliphatic heterocycles. The molecule has 0 radical (unpaired) electrons. The van der Waals surface area contributed by atoms with Gasteiger partial charge in [-0.15, -0.1) is 0 Å². The van der Waals surface area contributed by atoms with Gasteiger partial charge in [0.2, 0.25) is 0 Å². The van der Waals surface area contributed by atoms with Crippen LogP contribution in [0.5, 0.6) is 11.8 Å². The Morgan fingerprint density at radius 1 is 1.29 bits per heavy atom. The Morgan fingerprint density at radius 3 is 2.62 bits per heavy atom. The lowest BCUT2D eigenvalue weighted by Crippen LogP contribution is -2.25. The minimum atomic E-state index is -0.999. The van der Waals surface area contributed by atoms with Crippen molar-refractivity contribution in [1.29, 1.82) is 0 Å². The predicted molar refractivity (Wildman–Crippen MR) is 74.5 cm³/mol. The van der Waals surface area contributed by atoms with Gasteiger partial charge in [-0.3, -0.25) is 4.79 Å². The van der Waals surface area contributed by atoms with Gasteiger partial charge in [-0.1, -0.05) is 17.7 Å². The van der Waals surface area contributed by atoms with Crippen molar-refractivity contribution >= 4 is 17.6 Å². The molecule has 1 aliphatic carbocycles. The summed E-state index contributed by atoms with van der Waals surface area (Å²) in [6, 6.07) is 5.03. The number of aromatic nitrogens is 2. The molecular weight excluding hydrogens is 296 g/mol. The van der Waals surface area contributed by atoms with Gasteiger partial charge in [0.15, 0.2) is 0 Å². The molecule has 3 N–H and O–H groups in total. The van der Waals surface area contributed by atoms with Crippen LogP contribution in [0.15, 0.2) is 18.2 Å². The van der Waals surface area contributed by atoms with Gasteiger partial charge in [0.1, 0.15) is 0 Å². The van der Waals surface area contributed by atoms with Crippen LogP contribution in [-0.2, 0) is 10.2 Å². The number of rotatable bonds is 2. The van der Waals surface area contributed by atoms with E-state index in [2.05, 4.69) is 9.97 Å². The molecule has 108 valence electrons. The number of halogens is 1. The smallest absolute Gasteiger partial charge is 0.304 e. The van der Waals surface area contributed by atoms with Crippen LogP contribution < -0.4 is 0 Å². The van der Waals surface area contributed by atoms with Crippen LogP contribution in [0.3, 0.4) is 0 Å². The molecule has 0 bridgehead atoms. The lowest BCUT2D eigenvalue weighted by atomic mass is 9.80. The first-order valence-corrected chi connectivity index (χ1v) is 6.53. The highest BCUT2D eigenvalue weighted by Crippen LogP contribution is 2.50. The van der Waals surface area contributed by atoms with Gasteiger partial charge >= 0.3 is 5.97 Å². The van der Waals surface area contributed by atoms with Crippen LogP contribution in [0, 0.1) is 0 Å². The van der Waals surface area contributed by atoms with Crippen LogP contribution in [-0.4, -0.2) is 31.3 Å². The number of aliphatic carboxylic acids is 1. The van der Waals surface area contributed by atoms with Crippen molar-refractivity contribution in [3.05, 3.63) is 34.5 Å². The Morgan fingerprint density at radius 2 is 1.95 bits per heavy atom. The van der Waals surface area contributed by atoms with Gasteiger partial charge in [-0.25, -0.2) is 9.97 Å². The first-order chi connectivity index (χ1) is 9.83. The fourth-order valence-electron chi connectivity index (χ4n) is 2.79. The van der Waals surface area contributed by atoms with E-state index in [0.29, 0.717) is 27.5 Å². The standard InChI is InChI=1S/C14H11ClN2O4/c1-14(5-9(18)19)8-3-2-6(15)4-7(8)10-11(14)17-13(21)12(20)16-10/h2-4H,5H2,1H3,(H,16,20)(H,17,21)(H,18,19). The molecule has 0 fully saturated rings. The highest BCUT2D eigenvalue weighted by Gasteiger charge is 2.44. The molecule has 0 saturated carbocycles. The SMILES string of the molecule is CC1(CC(=O)O)c2ccc(Cl)cc2-c2nc(O)c(O)nc21. The summed E-state index contributed by atoms with van der Waals surface area (Å²) in [5.74, 6) is -2.22. The number of carboxylic acids is 1. The number of benzene rings is 1. The fraction of sp³-hybridized carbons (Fsp3) is 0.214. The van der Waals surface area contributed by atoms with Crippen molar-refractivity contribution < 1.29 is 20.1 Å². The van der Waals surface area contributed by atoms with Crippen LogP contribution in [0.2, 0.25) is 5.02 Å². The maximum Gasteiger partial charge on any atom is 0.304 e. The fourth-order valence-corrected chi connectivity index (χ4v) is 2.96. The van der Waals surface area contributed by atoms with Crippen LogP contribution in [0.1, 0.15) is 24.6 Å². The van der Waals surface area contributed by atoms with E-state index in [4.69, 9.17) is 11.6 Å². The van der Waals surface area contributed by atoms with Gasteiger partial charge < -0.3 is 15.3 Å². The molecule has 3 rings (SSSR count). The third-order valence-corrected chi connectivity index (χ3v) is 3.95. The van der Waals surface area contributed by atoms with Crippen molar-refractivity contribution in [3.63, 3.8) is 0 Å². The number of carboxylic acid groups (broad SMARTS) is 1. The molecule has 1 aromatic heterocycles. The maximum atomic E-state index is 11.2. The highest BCUT2D eigenvalue weighted by molar-refractivity contribution is 6.31. The summed E-state index contributed by atoms with van der Waals surface area (Å²) in [5.41, 5.74) is 1.03. The monoisotopic (exact) mass is 306 g/mol. The summed E-state index contributed by atoms with van der Waals surface area (Å²) < 4.78 is 0. The van der Waals surface area contributed by atoms with E-state index in [9.17, 15) is 20.1 Å². The molecule has 21 heavy (non-hydrogen) atoms. The molecule has 2 aromatic rings. The van der Waals surface area contributed by atoms with E-state index in [1.165, 1.54) is 0 Å². The van der Waals surface area contributed by atoms with Gasteiger partial charge in [-0.2, -0.15) is 0 Å². The third-order valence-electron chi connectivity index (χ3n) is 3.72. The van der Waals surface area contributed by atoms with E-state index >= 15 is 0 Å². The van der Waals surface area contributed by atoms with Crippen LogP contribution in [0.4, 0.5) is 0 Å². The van der Waals surface area contributed by atoms with Gasteiger partial charge in [0.25, 0.3) is 11.8 Å². The highest BCUT2D eigenvalue weighted by atomic mass is 35.5. The molecule has 0 saturated heterocycles. The first-order valence-electron chi connectivity index (χ1n) is 6.15.